The van der Waals surface area contributed by atoms with Gasteiger partial charge in [-0.1, -0.05) is 0 Å². The van der Waals surface area contributed by atoms with E-state index in [1.54, 1.807) is 10.9 Å². The van der Waals surface area contributed by atoms with E-state index in [1.807, 2.05) is 12.1 Å². The lowest BCUT2D eigenvalue weighted by molar-refractivity contribution is 0.499. The Hall–Kier alpha value is -1.69. The van der Waals surface area contributed by atoms with Crippen LogP contribution in [0.1, 0.15) is 18.7 Å². The molecule has 0 bridgehead atoms. The van der Waals surface area contributed by atoms with Crippen molar-refractivity contribution >= 4 is 0 Å². The molecule has 6 heteroatoms. The number of furan rings is 1. The van der Waals surface area contributed by atoms with Crippen LogP contribution in [0.2, 0.25) is 0 Å². The van der Waals surface area contributed by atoms with Gasteiger partial charge in [-0.15, -0.1) is 5.10 Å². The molecule has 0 amide bonds. The van der Waals surface area contributed by atoms with Crippen LogP contribution in [0.25, 0.3) is 5.88 Å². The average Bonchev–Trinajstić information content (AvgIpc) is 2.98. The van der Waals surface area contributed by atoms with Gasteiger partial charge >= 0.3 is 0 Å². The summed E-state index contributed by atoms with van der Waals surface area (Å²) < 4.78 is 6.94. The minimum atomic E-state index is 0.486. The van der Waals surface area contributed by atoms with Crippen molar-refractivity contribution in [3.63, 3.8) is 0 Å². The minimum Gasteiger partial charge on any atom is -0.447 e. The second-order valence-electron chi connectivity index (χ2n) is 3.96. The Morgan fingerprint density at radius 2 is 2.56 bits per heavy atom. The standard InChI is InChI=1S/C10H13N5O/c1-3-8(11-5-1)7-9-12-13-14-15(9)10-4-2-6-16-10/h2,4,6,8,11H,1,3,5,7H2. The van der Waals surface area contributed by atoms with Gasteiger partial charge in [0.15, 0.2) is 5.82 Å². The second kappa shape index (κ2) is 4.05. The van der Waals surface area contributed by atoms with Crippen LogP contribution in [0.5, 0.6) is 0 Å². The predicted octanol–water partition coefficient (Wildman–Crippen LogP) is 0.550. The van der Waals surface area contributed by atoms with Crippen molar-refractivity contribution in [2.24, 2.45) is 0 Å². The van der Waals surface area contributed by atoms with E-state index in [0.29, 0.717) is 11.9 Å². The highest BCUT2D eigenvalue weighted by Gasteiger charge is 2.19. The van der Waals surface area contributed by atoms with Crippen LogP contribution in [0.3, 0.4) is 0 Å². The number of nitrogens with one attached hydrogen (secondary N) is 1. The molecule has 3 rings (SSSR count). The highest BCUT2D eigenvalue weighted by molar-refractivity contribution is 5.17. The molecule has 16 heavy (non-hydrogen) atoms. The molecule has 0 aromatic carbocycles. The summed E-state index contributed by atoms with van der Waals surface area (Å²) in [5.74, 6) is 1.51. The number of hydrogen-bond acceptors (Lipinski definition) is 5. The summed E-state index contributed by atoms with van der Waals surface area (Å²) in [6.45, 7) is 1.09. The number of tetrazole rings is 1. The van der Waals surface area contributed by atoms with Crippen LogP contribution in [0.4, 0.5) is 0 Å². The molecule has 2 aromatic rings. The maximum Gasteiger partial charge on any atom is 0.222 e. The van der Waals surface area contributed by atoms with E-state index in [1.165, 1.54) is 12.8 Å². The number of nitrogens with zero attached hydrogens (tertiary/aromatic N) is 4. The molecule has 1 unspecified atom stereocenters. The molecule has 84 valence electrons. The first-order valence-corrected chi connectivity index (χ1v) is 5.48. The smallest absolute Gasteiger partial charge is 0.222 e. The zero-order valence-electron chi connectivity index (χ0n) is 8.83. The van der Waals surface area contributed by atoms with E-state index >= 15 is 0 Å². The van der Waals surface area contributed by atoms with Crippen molar-refractivity contribution in [2.75, 3.05) is 6.54 Å². The summed E-state index contributed by atoms with van der Waals surface area (Å²) in [6, 6.07) is 4.16. The van der Waals surface area contributed by atoms with E-state index in [2.05, 4.69) is 20.8 Å². The molecule has 1 atom stereocenters. The van der Waals surface area contributed by atoms with Crippen LogP contribution in [0.15, 0.2) is 22.8 Å². The molecule has 1 N–H and O–H groups in total. The fourth-order valence-electron chi connectivity index (χ4n) is 2.05. The molecule has 0 aliphatic carbocycles. The highest BCUT2D eigenvalue weighted by Crippen LogP contribution is 2.13. The Kier molecular flexibility index (Phi) is 2.41. The molecule has 0 spiro atoms. The summed E-state index contributed by atoms with van der Waals surface area (Å²) in [4.78, 5) is 0. The molecule has 2 aromatic heterocycles. The van der Waals surface area contributed by atoms with Gasteiger partial charge in [-0.25, -0.2) is 0 Å². The van der Waals surface area contributed by atoms with Crippen molar-refractivity contribution in [3.05, 3.63) is 24.2 Å². The number of hydrogen-bond donors (Lipinski definition) is 1. The van der Waals surface area contributed by atoms with E-state index in [0.717, 1.165) is 18.8 Å². The lowest BCUT2D eigenvalue weighted by atomic mass is 10.1. The van der Waals surface area contributed by atoms with Crippen molar-refractivity contribution in [2.45, 2.75) is 25.3 Å². The van der Waals surface area contributed by atoms with E-state index in [-0.39, 0.29) is 0 Å². The summed E-state index contributed by atoms with van der Waals surface area (Å²) in [7, 11) is 0. The van der Waals surface area contributed by atoms with Gasteiger partial charge in [0.05, 0.1) is 6.26 Å². The van der Waals surface area contributed by atoms with Gasteiger partial charge in [0, 0.05) is 18.5 Å². The van der Waals surface area contributed by atoms with Gasteiger partial charge in [-0.2, -0.15) is 4.68 Å². The molecule has 0 radical (unpaired) electrons. The molecule has 1 aliphatic rings. The van der Waals surface area contributed by atoms with E-state index in [9.17, 15) is 0 Å². The summed E-state index contributed by atoms with van der Waals surface area (Å²) >= 11 is 0. The Balaban J connectivity index is 1.82. The summed E-state index contributed by atoms with van der Waals surface area (Å²) in [6.07, 6.45) is 4.88. The first-order chi connectivity index (χ1) is 7.93. The average molecular weight is 219 g/mol. The maximum atomic E-state index is 5.28. The predicted molar refractivity (Wildman–Crippen MR) is 56.1 cm³/mol. The molecule has 0 saturated carbocycles. The van der Waals surface area contributed by atoms with Gasteiger partial charge in [0.25, 0.3) is 0 Å². The Labute approximate surface area is 92.6 Å². The topological polar surface area (TPSA) is 68.8 Å². The van der Waals surface area contributed by atoms with Crippen molar-refractivity contribution in [3.8, 4) is 5.88 Å². The van der Waals surface area contributed by atoms with Crippen molar-refractivity contribution in [1.82, 2.24) is 25.5 Å². The molecule has 1 fully saturated rings. The lowest BCUT2D eigenvalue weighted by Gasteiger charge is -2.08. The monoisotopic (exact) mass is 219 g/mol. The van der Waals surface area contributed by atoms with Crippen molar-refractivity contribution < 1.29 is 4.42 Å². The minimum absolute atomic E-state index is 0.486. The van der Waals surface area contributed by atoms with E-state index < -0.39 is 0 Å². The highest BCUT2D eigenvalue weighted by atomic mass is 16.3. The summed E-state index contributed by atoms with van der Waals surface area (Å²) in [5, 5.41) is 15.1. The fraction of sp³-hybridized carbons (Fsp3) is 0.500. The first kappa shape index (κ1) is 9.53. The molecule has 3 heterocycles. The van der Waals surface area contributed by atoms with Crippen LogP contribution in [0, 0.1) is 0 Å². The van der Waals surface area contributed by atoms with Gasteiger partial charge in [0.1, 0.15) is 0 Å². The SMILES string of the molecule is c1coc(-n2nnnc2CC2CCCN2)c1. The molecular weight excluding hydrogens is 206 g/mol. The van der Waals surface area contributed by atoms with Gasteiger partial charge < -0.3 is 9.73 Å². The first-order valence-electron chi connectivity index (χ1n) is 5.48. The normalized spacial score (nSPS) is 20.4. The number of rotatable bonds is 3. The third-order valence-electron chi connectivity index (χ3n) is 2.84. The largest absolute Gasteiger partial charge is 0.447 e. The zero-order chi connectivity index (χ0) is 10.8. The molecule has 1 aliphatic heterocycles. The van der Waals surface area contributed by atoms with E-state index in [4.69, 9.17) is 4.42 Å². The Morgan fingerprint density at radius 3 is 3.31 bits per heavy atom. The lowest BCUT2D eigenvalue weighted by Crippen LogP contribution is -2.25. The van der Waals surface area contributed by atoms with Gasteiger partial charge in [-0.05, 0) is 35.9 Å². The van der Waals surface area contributed by atoms with Crippen molar-refractivity contribution in [1.29, 1.82) is 0 Å². The van der Waals surface area contributed by atoms with Gasteiger partial charge in [-0.3, -0.25) is 0 Å². The van der Waals surface area contributed by atoms with Crippen LogP contribution in [-0.2, 0) is 6.42 Å². The number of aromatic nitrogens is 4. The Bertz CT molecular complexity index is 443. The fourth-order valence-corrected chi connectivity index (χ4v) is 2.05. The van der Waals surface area contributed by atoms with Crippen LogP contribution in [-0.4, -0.2) is 32.8 Å². The Morgan fingerprint density at radius 1 is 1.56 bits per heavy atom. The maximum absolute atomic E-state index is 5.28. The third-order valence-corrected chi connectivity index (χ3v) is 2.84. The summed E-state index contributed by atoms with van der Waals surface area (Å²) in [5.41, 5.74) is 0. The van der Waals surface area contributed by atoms with Crippen LogP contribution < -0.4 is 5.32 Å². The molecule has 6 nitrogen and oxygen atoms in total. The molecular formula is C10H13N5O. The third kappa shape index (κ3) is 1.71. The second-order valence-corrected chi connectivity index (χ2v) is 3.96. The van der Waals surface area contributed by atoms with Crippen LogP contribution >= 0.6 is 0 Å². The molecule has 1 saturated heterocycles. The van der Waals surface area contributed by atoms with Gasteiger partial charge in [0.2, 0.25) is 5.88 Å². The zero-order valence-corrected chi connectivity index (χ0v) is 8.83. The quantitative estimate of drug-likeness (QED) is 0.816.